The Morgan fingerprint density at radius 3 is 1.92 bits per heavy atom. The van der Waals surface area contributed by atoms with Gasteiger partial charge in [-0.15, -0.1) is 0 Å². The number of carboxylic acid groups (broad SMARTS) is 2. The molecule has 142 valence electrons. The molecule has 2 fully saturated rings. The van der Waals surface area contributed by atoms with E-state index in [2.05, 4.69) is 5.32 Å². The Balaban J connectivity index is 2.27. The Kier molecular flexibility index (Phi) is 7.88. The maximum atomic E-state index is 12.8. The van der Waals surface area contributed by atoms with Crippen LogP contribution in [-0.4, -0.2) is 40.5 Å². The van der Waals surface area contributed by atoms with Crippen LogP contribution in [0.2, 0.25) is 0 Å². The maximum Gasteiger partial charge on any atom is 0.315 e. The third-order valence-electron chi connectivity index (χ3n) is 5.78. The van der Waals surface area contributed by atoms with Crippen molar-refractivity contribution in [2.45, 2.75) is 76.7 Å². The van der Waals surface area contributed by atoms with Crippen LogP contribution in [0.1, 0.15) is 70.6 Å². The largest absolute Gasteiger partial charge is 0.481 e. The van der Waals surface area contributed by atoms with E-state index in [1.54, 1.807) is 0 Å². The lowest BCUT2D eigenvalue weighted by molar-refractivity contribution is -0.154. The minimum Gasteiger partial charge on any atom is -0.481 e. The molecular formula is C19H31NO5. The smallest absolute Gasteiger partial charge is 0.315 e. The Morgan fingerprint density at radius 1 is 0.800 bits per heavy atom. The molecule has 0 aromatic carbocycles. The molecule has 0 bridgehead atoms. The molecule has 0 spiro atoms. The van der Waals surface area contributed by atoms with E-state index in [0.717, 1.165) is 44.9 Å². The summed E-state index contributed by atoms with van der Waals surface area (Å²) in [5, 5.41) is 22.5. The molecule has 1 heterocycles. The second kappa shape index (κ2) is 9.90. The zero-order chi connectivity index (χ0) is 18.2. The second-order valence-electron chi connectivity index (χ2n) is 7.54. The Morgan fingerprint density at radius 2 is 1.36 bits per heavy atom. The summed E-state index contributed by atoms with van der Waals surface area (Å²) < 4.78 is 0. The van der Waals surface area contributed by atoms with Crippen LogP contribution in [0.15, 0.2) is 0 Å². The van der Waals surface area contributed by atoms with E-state index in [0.29, 0.717) is 13.0 Å². The van der Waals surface area contributed by atoms with Crippen molar-refractivity contribution in [3.8, 4) is 0 Å². The third-order valence-corrected chi connectivity index (χ3v) is 5.78. The first-order chi connectivity index (χ1) is 12.0. The number of nitrogens with one attached hydrogen (secondary N) is 1. The van der Waals surface area contributed by atoms with E-state index in [-0.39, 0.29) is 12.3 Å². The predicted octanol–water partition coefficient (Wildman–Crippen LogP) is 2.85. The maximum absolute atomic E-state index is 12.8. The first kappa shape index (κ1) is 19.9. The molecule has 1 aliphatic heterocycles. The molecular weight excluding hydrogens is 322 g/mol. The summed E-state index contributed by atoms with van der Waals surface area (Å²) in [6, 6.07) is -0.456. The van der Waals surface area contributed by atoms with Gasteiger partial charge in [-0.05, 0) is 38.1 Å². The van der Waals surface area contributed by atoms with E-state index in [9.17, 15) is 24.6 Å². The van der Waals surface area contributed by atoms with E-state index < -0.39 is 35.6 Å². The Hall–Kier alpha value is -1.43. The lowest BCUT2D eigenvalue weighted by atomic mass is 9.77. The molecule has 2 aliphatic rings. The highest BCUT2D eigenvalue weighted by molar-refractivity contribution is 6.08. The van der Waals surface area contributed by atoms with Crippen LogP contribution >= 0.6 is 0 Å². The number of hydrogen-bond acceptors (Lipinski definition) is 4. The van der Waals surface area contributed by atoms with Crippen molar-refractivity contribution >= 4 is 17.7 Å². The number of rotatable bonds is 3. The van der Waals surface area contributed by atoms with E-state index in [4.69, 9.17) is 0 Å². The molecule has 25 heavy (non-hydrogen) atoms. The van der Waals surface area contributed by atoms with Crippen molar-refractivity contribution in [3.05, 3.63) is 0 Å². The highest BCUT2D eigenvalue weighted by Gasteiger charge is 2.44. The molecule has 3 unspecified atom stereocenters. The van der Waals surface area contributed by atoms with Crippen molar-refractivity contribution in [2.75, 3.05) is 6.54 Å². The third kappa shape index (κ3) is 5.53. The van der Waals surface area contributed by atoms with Crippen LogP contribution in [0.4, 0.5) is 0 Å². The molecule has 3 atom stereocenters. The summed E-state index contributed by atoms with van der Waals surface area (Å²) in [5.74, 6) is -5.33. The number of hydrogen-bond donors (Lipinski definition) is 3. The fourth-order valence-electron chi connectivity index (χ4n) is 4.38. The van der Waals surface area contributed by atoms with Gasteiger partial charge in [-0.3, -0.25) is 14.4 Å². The first-order valence-electron chi connectivity index (χ1n) is 9.75. The molecule has 1 aliphatic carbocycles. The molecule has 6 nitrogen and oxygen atoms in total. The Bertz CT molecular complexity index is 468. The summed E-state index contributed by atoms with van der Waals surface area (Å²) in [6.45, 7) is 0.643. The van der Waals surface area contributed by atoms with Crippen molar-refractivity contribution in [1.82, 2.24) is 5.32 Å². The van der Waals surface area contributed by atoms with Crippen molar-refractivity contribution in [1.29, 1.82) is 0 Å². The van der Waals surface area contributed by atoms with E-state index in [1.807, 2.05) is 0 Å². The molecule has 0 radical (unpaired) electrons. The molecule has 1 saturated heterocycles. The summed E-state index contributed by atoms with van der Waals surface area (Å²) in [7, 11) is 0. The van der Waals surface area contributed by atoms with Gasteiger partial charge in [0, 0.05) is 6.04 Å². The van der Waals surface area contributed by atoms with Gasteiger partial charge < -0.3 is 15.5 Å². The Labute approximate surface area is 149 Å². The number of carbonyl (C=O) groups excluding carboxylic acids is 1. The van der Waals surface area contributed by atoms with Crippen LogP contribution in [0.3, 0.4) is 0 Å². The van der Waals surface area contributed by atoms with E-state index in [1.165, 1.54) is 12.8 Å². The molecule has 0 amide bonds. The molecule has 6 heteroatoms. The number of aliphatic carboxylic acids is 2. The summed E-state index contributed by atoms with van der Waals surface area (Å²) in [6.07, 6.45) is 10.3. The van der Waals surface area contributed by atoms with Gasteiger partial charge in [-0.1, -0.05) is 44.9 Å². The summed E-state index contributed by atoms with van der Waals surface area (Å²) in [4.78, 5) is 36.2. The fraction of sp³-hybridized carbons (Fsp3) is 0.842. The quantitative estimate of drug-likeness (QED) is 0.674. The van der Waals surface area contributed by atoms with Crippen LogP contribution in [0.5, 0.6) is 0 Å². The highest BCUT2D eigenvalue weighted by Crippen LogP contribution is 2.31. The summed E-state index contributed by atoms with van der Waals surface area (Å²) >= 11 is 0. The predicted molar refractivity (Wildman–Crippen MR) is 93.3 cm³/mol. The van der Waals surface area contributed by atoms with Crippen molar-refractivity contribution in [2.24, 2.45) is 17.8 Å². The first-order valence-corrected chi connectivity index (χ1v) is 9.75. The van der Waals surface area contributed by atoms with Gasteiger partial charge in [0.15, 0.2) is 5.78 Å². The zero-order valence-electron chi connectivity index (χ0n) is 14.9. The lowest BCUT2D eigenvalue weighted by Crippen LogP contribution is -2.50. The van der Waals surface area contributed by atoms with Crippen LogP contribution < -0.4 is 5.32 Å². The minimum atomic E-state index is -1.26. The van der Waals surface area contributed by atoms with Crippen LogP contribution in [-0.2, 0) is 14.4 Å². The molecule has 3 N–H and O–H groups in total. The van der Waals surface area contributed by atoms with Crippen molar-refractivity contribution in [3.63, 3.8) is 0 Å². The molecule has 1 saturated carbocycles. The number of Topliss-reactive ketones (excluding diaryl/α,β-unsaturated/α-hetero) is 1. The minimum absolute atomic E-state index is 0.121. The van der Waals surface area contributed by atoms with Gasteiger partial charge in [-0.25, -0.2) is 0 Å². The van der Waals surface area contributed by atoms with Crippen LogP contribution in [0.25, 0.3) is 0 Å². The van der Waals surface area contributed by atoms with Crippen molar-refractivity contribution < 1.29 is 24.6 Å². The molecule has 2 rings (SSSR count). The fourth-order valence-corrected chi connectivity index (χ4v) is 4.38. The normalized spacial score (nSPS) is 30.9. The van der Waals surface area contributed by atoms with Gasteiger partial charge in [0.1, 0.15) is 11.8 Å². The average Bonchev–Trinajstić information content (AvgIpc) is 2.73. The van der Waals surface area contributed by atoms with Gasteiger partial charge >= 0.3 is 11.9 Å². The lowest BCUT2D eigenvalue weighted by Gasteiger charge is -2.32. The topological polar surface area (TPSA) is 104 Å². The standard InChI is InChI=1S/C19H31NO5/c21-17-14(18(22)23)11-7-8-12-20-16(15(17)19(24)25)13-9-5-3-1-2-4-6-10-13/h13-16,20H,1-12H2,(H,22,23)(H,24,25). The molecule has 0 aromatic heterocycles. The van der Waals surface area contributed by atoms with Gasteiger partial charge in [-0.2, -0.15) is 0 Å². The van der Waals surface area contributed by atoms with Gasteiger partial charge in [0.05, 0.1) is 0 Å². The SMILES string of the molecule is O=C(O)C1CCCCNC(C2CCCCCCCC2)C(C(=O)O)C1=O. The summed E-state index contributed by atoms with van der Waals surface area (Å²) in [5.41, 5.74) is 0. The van der Waals surface area contributed by atoms with Gasteiger partial charge in [0.25, 0.3) is 0 Å². The average molecular weight is 353 g/mol. The number of ketones is 1. The zero-order valence-corrected chi connectivity index (χ0v) is 14.9. The number of carboxylic acids is 2. The number of carbonyl (C=O) groups is 3. The van der Waals surface area contributed by atoms with Crippen LogP contribution in [0, 0.1) is 17.8 Å². The van der Waals surface area contributed by atoms with E-state index >= 15 is 0 Å². The highest BCUT2D eigenvalue weighted by atomic mass is 16.4. The monoisotopic (exact) mass is 353 g/mol. The molecule has 0 aromatic rings. The second-order valence-corrected chi connectivity index (χ2v) is 7.54. The van der Waals surface area contributed by atoms with Gasteiger partial charge in [0.2, 0.25) is 0 Å².